The average Bonchev–Trinajstić information content (AvgIpc) is 3.01. The minimum atomic E-state index is -0.922. The highest BCUT2D eigenvalue weighted by Gasteiger charge is 2.14. The maximum Gasteiger partial charge on any atom is 0.352 e. The molecule has 0 fully saturated rings. The number of H-pyrrole nitrogens is 1. The van der Waals surface area contributed by atoms with E-state index in [1.165, 1.54) is 20.2 Å². The third-order valence-electron chi connectivity index (χ3n) is 3.75. The largest absolute Gasteiger partial charge is 0.477 e. The third-order valence-corrected chi connectivity index (χ3v) is 5.05. The van der Waals surface area contributed by atoms with Gasteiger partial charge in [0.05, 0.1) is 0 Å². The highest BCUT2D eigenvalue weighted by atomic mass is 32.1. The Morgan fingerprint density at radius 1 is 1.15 bits per heavy atom. The minimum absolute atomic E-state index is 0.241. The van der Waals surface area contributed by atoms with Gasteiger partial charge in [-0.15, -0.1) is 11.3 Å². The molecule has 3 nitrogen and oxygen atoms in total. The number of hydrogen-bond acceptors (Lipinski definition) is 2. The summed E-state index contributed by atoms with van der Waals surface area (Å²) in [5.41, 5.74) is 2.27. The first kappa shape index (κ1) is 11.5. The predicted octanol–water partition coefficient (Wildman–Crippen LogP) is 4.54. The molecule has 2 N–H and O–H groups in total. The monoisotopic (exact) mass is 281 g/mol. The van der Waals surface area contributed by atoms with Crippen LogP contribution >= 0.6 is 11.3 Å². The summed E-state index contributed by atoms with van der Waals surface area (Å²) >= 11 is 1.76. The Morgan fingerprint density at radius 3 is 2.75 bits per heavy atom. The molecule has 0 atom stereocenters. The molecule has 20 heavy (non-hydrogen) atoms. The van der Waals surface area contributed by atoms with Crippen molar-refractivity contribution in [2.24, 2.45) is 0 Å². The molecule has 0 saturated heterocycles. The zero-order chi connectivity index (χ0) is 13.9. The maximum absolute atomic E-state index is 11.1. The van der Waals surface area contributed by atoms with Crippen LogP contribution in [-0.2, 0) is 0 Å². The lowest BCUT2D eigenvalue weighted by atomic mass is 10.1. The van der Waals surface area contributed by atoms with Gasteiger partial charge in [-0.3, -0.25) is 0 Å². The fraction of sp³-hybridized carbons (Fsp3) is 0.0625. The van der Waals surface area contributed by atoms with Gasteiger partial charge in [0.25, 0.3) is 0 Å². The molecule has 2 aromatic heterocycles. The van der Waals surface area contributed by atoms with Crippen LogP contribution in [0.1, 0.15) is 16.1 Å². The van der Waals surface area contributed by atoms with Gasteiger partial charge in [0.1, 0.15) is 5.69 Å². The van der Waals surface area contributed by atoms with E-state index in [4.69, 9.17) is 5.11 Å². The zero-order valence-electron chi connectivity index (χ0n) is 10.7. The molecule has 98 valence electrons. The van der Waals surface area contributed by atoms with Crippen LogP contribution in [0, 0.1) is 6.92 Å². The number of hydrogen-bond donors (Lipinski definition) is 2. The first-order valence-corrected chi connectivity index (χ1v) is 7.13. The van der Waals surface area contributed by atoms with E-state index in [1.807, 2.05) is 12.1 Å². The van der Waals surface area contributed by atoms with Crippen molar-refractivity contribution < 1.29 is 9.90 Å². The number of nitrogens with one attached hydrogen (secondary N) is 1. The molecule has 0 aliphatic carbocycles. The topological polar surface area (TPSA) is 53.1 Å². The van der Waals surface area contributed by atoms with Crippen molar-refractivity contribution in [3.05, 3.63) is 47.7 Å². The number of rotatable bonds is 1. The summed E-state index contributed by atoms with van der Waals surface area (Å²) < 4.78 is 2.49. The van der Waals surface area contributed by atoms with Crippen LogP contribution in [-0.4, -0.2) is 16.1 Å². The molecule has 0 radical (unpaired) electrons. The number of aryl methyl sites for hydroxylation is 1. The van der Waals surface area contributed by atoms with Crippen molar-refractivity contribution in [1.82, 2.24) is 4.98 Å². The van der Waals surface area contributed by atoms with Gasteiger partial charge in [-0.2, -0.15) is 0 Å². The molecular weight excluding hydrogens is 270 g/mol. The maximum atomic E-state index is 11.1. The quantitative estimate of drug-likeness (QED) is 0.538. The fourth-order valence-electron chi connectivity index (χ4n) is 2.76. The SMILES string of the molecule is Cc1c2cc(C(=O)O)[nH]c2cc2c1sc1ccccc12. The summed E-state index contributed by atoms with van der Waals surface area (Å²) in [6.45, 7) is 2.06. The molecule has 0 bridgehead atoms. The molecular formula is C16H11NO2S. The van der Waals surface area contributed by atoms with Crippen LogP contribution < -0.4 is 0 Å². The summed E-state index contributed by atoms with van der Waals surface area (Å²) in [5, 5.41) is 12.5. The Labute approximate surface area is 118 Å². The summed E-state index contributed by atoms with van der Waals surface area (Å²) in [4.78, 5) is 14.1. The highest BCUT2D eigenvalue weighted by molar-refractivity contribution is 7.26. The summed E-state index contributed by atoms with van der Waals surface area (Å²) in [6, 6.07) is 12.1. The predicted molar refractivity (Wildman–Crippen MR) is 82.9 cm³/mol. The molecule has 0 spiro atoms. The van der Waals surface area contributed by atoms with Crippen LogP contribution in [0.15, 0.2) is 36.4 Å². The summed E-state index contributed by atoms with van der Waals surface area (Å²) in [5.74, 6) is -0.922. The molecule has 0 unspecified atom stereocenters. The number of benzene rings is 2. The van der Waals surface area contributed by atoms with Crippen LogP contribution in [0.3, 0.4) is 0 Å². The number of carboxylic acids is 1. The van der Waals surface area contributed by atoms with Gasteiger partial charge in [0.2, 0.25) is 0 Å². The van der Waals surface area contributed by atoms with E-state index in [9.17, 15) is 4.79 Å². The van der Waals surface area contributed by atoms with E-state index in [1.54, 1.807) is 17.4 Å². The van der Waals surface area contributed by atoms with Gasteiger partial charge in [-0.1, -0.05) is 18.2 Å². The molecule has 0 saturated carbocycles. The lowest BCUT2D eigenvalue weighted by Gasteiger charge is -1.98. The van der Waals surface area contributed by atoms with Crippen LogP contribution in [0.2, 0.25) is 0 Å². The Kier molecular flexibility index (Phi) is 2.20. The minimum Gasteiger partial charge on any atom is -0.477 e. The Balaban J connectivity index is 2.20. The lowest BCUT2D eigenvalue weighted by molar-refractivity contribution is 0.0691. The van der Waals surface area contributed by atoms with Crippen molar-refractivity contribution in [2.45, 2.75) is 6.92 Å². The van der Waals surface area contributed by atoms with E-state index in [2.05, 4.69) is 30.1 Å². The third kappa shape index (κ3) is 1.42. The van der Waals surface area contributed by atoms with Crippen molar-refractivity contribution in [3.8, 4) is 0 Å². The van der Waals surface area contributed by atoms with E-state index in [-0.39, 0.29) is 5.69 Å². The van der Waals surface area contributed by atoms with Gasteiger partial charge < -0.3 is 10.1 Å². The van der Waals surface area contributed by atoms with Gasteiger partial charge in [0, 0.05) is 31.1 Å². The Morgan fingerprint density at radius 2 is 1.95 bits per heavy atom. The second-order valence-corrected chi connectivity index (χ2v) is 5.98. The second-order valence-electron chi connectivity index (χ2n) is 4.93. The van der Waals surface area contributed by atoms with E-state index in [0.29, 0.717) is 0 Å². The first-order chi connectivity index (χ1) is 9.65. The second kappa shape index (κ2) is 3.84. The molecule has 2 aromatic carbocycles. The number of aromatic carboxylic acids is 1. The van der Waals surface area contributed by atoms with Crippen molar-refractivity contribution in [1.29, 1.82) is 0 Å². The van der Waals surface area contributed by atoms with Crippen molar-refractivity contribution in [3.63, 3.8) is 0 Å². The molecule has 0 aliphatic rings. The Hall–Kier alpha value is -2.33. The van der Waals surface area contributed by atoms with Crippen molar-refractivity contribution in [2.75, 3.05) is 0 Å². The number of aromatic nitrogens is 1. The van der Waals surface area contributed by atoms with Gasteiger partial charge >= 0.3 is 5.97 Å². The molecule has 4 heteroatoms. The van der Waals surface area contributed by atoms with Crippen LogP contribution in [0.25, 0.3) is 31.1 Å². The first-order valence-electron chi connectivity index (χ1n) is 6.32. The van der Waals surface area contributed by atoms with E-state index < -0.39 is 5.97 Å². The highest BCUT2D eigenvalue weighted by Crippen LogP contribution is 2.39. The van der Waals surface area contributed by atoms with Crippen LogP contribution in [0.5, 0.6) is 0 Å². The van der Waals surface area contributed by atoms with Gasteiger partial charge in [-0.25, -0.2) is 4.79 Å². The number of carbonyl (C=O) groups is 1. The molecule has 0 amide bonds. The Bertz CT molecular complexity index is 994. The molecule has 0 aliphatic heterocycles. The lowest BCUT2D eigenvalue weighted by Crippen LogP contribution is -1.94. The number of fused-ring (bicyclic) bond motifs is 4. The number of thiophene rings is 1. The zero-order valence-corrected chi connectivity index (χ0v) is 11.5. The fourth-order valence-corrected chi connectivity index (χ4v) is 3.96. The van der Waals surface area contributed by atoms with Crippen molar-refractivity contribution >= 4 is 48.4 Å². The standard InChI is InChI=1S/C16H11NO2S/c1-8-10-6-13(16(18)19)17-12(10)7-11-9-4-2-3-5-14(9)20-15(8)11/h2-7,17H,1H3,(H,18,19). The molecule has 4 aromatic rings. The summed E-state index contributed by atoms with van der Waals surface area (Å²) in [6.07, 6.45) is 0. The number of carboxylic acid groups (broad SMARTS) is 1. The smallest absolute Gasteiger partial charge is 0.352 e. The average molecular weight is 281 g/mol. The van der Waals surface area contributed by atoms with Gasteiger partial charge in [0.15, 0.2) is 0 Å². The number of aromatic amines is 1. The van der Waals surface area contributed by atoms with Gasteiger partial charge in [-0.05, 0) is 30.7 Å². The van der Waals surface area contributed by atoms with Crippen LogP contribution in [0.4, 0.5) is 0 Å². The molecule has 4 rings (SSSR count). The molecule has 2 heterocycles. The summed E-state index contributed by atoms with van der Waals surface area (Å²) in [7, 11) is 0. The normalized spacial score (nSPS) is 11.7. The van der Waals surface area contributed by atoms with E-state index >= 15 is 0 Å². The van der Waals surface area contributed by atoms with E-state index in [0.717, 1.165) is 16.5 Å².